The van der Waals surface area contributed by atoms with E-state index in [1.807, 2.05) is 0 Å². The maximum Gasteiger partial charge on any atom is 0.302 e. The molecule has 0 aromatic carbocycles. The van der Waals surface area contributed by atoms with Gasteiger partial charge in [0.1, 0.15) is 6.10 Å². The summed E-state index contributed by atoms with van der Waals surface area (Å²) in [6.07, 6.45) is 19.2. The number of rotatable bonds is 7. The van der Waals surface area contributed by atoms with Gasteiger partial charge in [0.25, 0.3) is 0 Å². The molecule has 0 radical (unpaired) electrons. The van der Waals surface area contributed by atoms with Crippen molar-refractivity contribution >= 4 is 5.97 Å². The van der Waals surface area contributed by atoms with Gasteiger partial charge < -0.3 is 4.74 Å². The highest BCUT2D eigenvalue weighted by Gasteiger charge is 2.59. The van der Waals surface area contributed by atoms with E-state index in [0.717, 1.165) is 42.4 Å². The number of ether oxygens (including phenoxy) is 1. The SMILES string of the molecule is CCC=C(CC[C@@H](C)[C@@H]1CC[C@H]2[C@@H]3CC=C4C[C@@H](OC(C)=O)CC[C@]4(C)[C@@H]3CC[C@]21C)C(C)C. The molecular formula is C32H52O2. The van der Waals surface area contributed by atoms with Crippen molar-refractivity contribution in [3.8, 4) is 0 Å². The summed E-state index contributed by atoms with van der Waals surface area (Å²) in [5.74, 6) is 4.89. The van der Waals surface area contributed by atoms with Crippen LogP contribution in [0.1, 0.15) is 119 Å². The van der Waals surface area contributed by atoms with Crippen LogP contribution in [-0.4, -0.2) is 12.1 Å². The third-order valence-corrected chi connectivity index (χ3v) is 11.2. The van der Waals surface area contributed by atoms with Crippen LogP contribution in [0.4, 0.5) is 0 Å². The average molecular weight is 469 g/mol. The third-order valence-electron chi connectivity index (χ3n) is 11.2. The molecule has 3 fully saturated rings. The van der Waals surface area contributed by atoms with E-state index in [1.165, 1.54) is 57.8 Å². The van der Waals surface area contributed by atoms with Crippen molar-refractivity contribution in [2.75, 3.05) is 0 Å². The summed E-state index contributed by atoms with van der Waals surface area (Å²) in [4.78, 5) is 11.5. The summed E-state index contributed by atoms with van der Waals surface area (Å²) in [5, 5.41) is 0. The fraction of sp³-hybridized carbons (Fsp3) is 0.844. The Labute approximate surface area is 210 Å². The van der Waals surface area contributed by atoms with Gasteiger partial charge in [-0.25, -0.2) is 0 Å². The van der Waals surface area contributed by atoms with E-state index in [2.05, 4.69) is 53.7 Å². The fourth-order valence-electron chi connectivity index (χ4n) is 9.42. The number of hydrogen-bond acceptors (Lipinski definition) is 2. The molecule has 0 aromatic rings. The van der Waals surface area contributed by atoms with E-state index in [9.17, 15) is 4.79 Å². The molecule has 0 amide bonds. The van der Waals surface area contributed by atoms with Gasteiger partial charge in [-0.15, -0.1) is 0 Å². The minimum Gasteiger partial charge on any atom is -0.462 e. The Morgan fingerprint density at radius 1 is 1.12 bits per heavy atom. The molecule has 4 rings (SSSR count). The van der Waals surface area contributed by atoms with Crippen LogP contribution >= 0.6 is 0 Å². The number of hydrogen-bond donors (Lipinski definition) is 0. The van der Waals surface area contributed by atoms with Crippen molar-refractivity contribution in [2.45, 2.75) is 125 Å². The second-order valence-electron chi connectivity index (χ2n) is 13.3. The first kappa shape index (κ1) is 26.0. The quantitative estimate of drug-likeness (QED) is 0.275. The zero-order valence-corrected chi connectivity index (χ0v) is 23.3. The molecule has 8 atom stereocenters. The number of esters is 1. The molecule has 0 N–H and O–H groups in total. The summed E-state index contributed by atoms with van der Waals surface area (Å²) in [6, 6.07) is 0. The van der Waals surface area contributed by atoms with Crippen LogP contribution in [0.3, 0.4) is 0 Å². The van der Waals surface area contributed by atoms with Gasteiger partial charge >= 0.3 is 5.97 Å². The van der Waals surface area contributed by atoms with Crippen LogP contribution in [0.2, 0.25) is 0 Å². The molecule has 0 spiro atoms. The van der Waals surface area contributed by atoms with Gasteiger partial charge in [0.15, 0.2) is 0 Å². The lowest BCUT2D eigenvalue weighted by Gasteiger charge is -2.58. The van der Waals surface area contributed by atoms with Gasteiger partial charge in [-0.2, -0.15) is 0 Å². The second-order valence-corrected chi connectivity index (χ2v) is 13.3. The Morgan fingerprint density at radius 2 is 1.88 bits per heavy atom. The maximum absolute atomic E-state index is 11.5. The molecule has 0 bridgehead atoms. The average Bonchev–Trinajstić information content (AvgIpc) is 3.13. The Hall–Kier alpha value is -1.05. The number of fused-ring (bicyclic) bond motifs is 5. The predicted molar refractivity (Wildman–Crippen MR) is 142 cm³/mol. The van der Waals surface area contributed by atoms with Gasteiger partial charge in [-0.05, 0) is 111 Å². The zero-order valence-electron chi connectivity index (χ0n) is 23.3. The molecule has 0 saturated heterocycles. The lowest BCUT2D eigenvalue weighted by Crippen LogP contribution is -2.51. The molecule has 0 aliphatic heterocycles. The van der Waals surface area contributed by atoms with Crippen molar-refractivity contribution in [2.24, 2.45) is 46.3 Å². The molecule has 0 heterocycles. The minimum absolute atomic E-state index is 0.108. The number of allylic oxidation sites excluding steroid dienone is 3. The Kier molecular flexibility index (Phi) is 7.76. The van der Waals surface area contributed by atoms with Gasteiger partial charge in [0.05, 0.1) is 0 Å². The Morgan fingerprint density at radius 3 is 2.56 bits per heavy atom. The largest absolute Gasteiger partial charge is 0.462 e. The predicted octanol–water partition coefficient (Wildman–Crippen LogP) is 8.91. The van der Waals surface area contributed by atoms with Crippen molar-refractivity contribution < 1.29 is 9.53 Å². The van der Waals surface area contributed by atoms with E-state index >= 15 is 0 Å². The second kappa shape index (κ2) is 10.1. The molecule has 3 saturated carbocycles. The van der Waals surface area contributed by atoms with E-state index in [1.54, 1.807) is 18.1 Å². The lowest BCUT2D eigenvalue weighted by atomic mass is 9.47. The molecule has 192 valence electrons. The molecule has 4 aliphatic carbocycles. The van der Waals surface area contributed by atoms with Gasteiger partial charge in [0, 0.05) is 13.3 Å². The molecule has 2 nitrogen and oxygen atoms in total. The smallest absolute Gasteiger partial charge is 0.302 e. The van der Waals surface area contributed by atoms with Crippen molar-refractivity contribution in [1.82, 2.24) is 0 Å². The monoisotopic (exact) mass is 468 g/mol. The summed E-state index contributed by atoms with van der Waals surface area (Å²) in [7, 11) is 0. The third kappa shape index (κ3) is 4.69. The van der Waals surface area contributed by atoms with Gasteiger partial charge in [-0.3, -0.25) is 4.79 Å². The van der Waals surface area contributed by atoms with E-state index in [4.69, 9.17) is 4.74 Å². The topological polar surface area (TPSA) is 26.3 Å². The zero-order chi connectivity index (χ0) is 24.7. The van der Waals surface area contributed by atoms with Gasteiger partial charge in [-0.1, -0.05) is 64.8 Å². The maximum atomic E-state index is 11.5. The summed E-state index contributed by atoms with van der Waals surface area (Å²) in [5.41, 5.74) is 4.16. The molecular weight excluding hydrogens is 416 g/mol. The number of carbonyl (C=O) groups excluding carboxylic acids is 1. The van der Waals surface area contributed by atoms with E-state index < -0.39 is 0 Å². The first-order valence-electron chi connectivity index (χ1n) is 14.7. The van der Waals surface area contributed by atoms with Crippen molar-refractivity contribution in [3.63, 3.8) is 0 Å². The summed E-state index contributed by atoms with van der Waals surface area (Å²) >= 11 is 0. The summed E-state index contributed by atoms with van der Waals surface area (Å²) < 4.78 is 5.63. The standard InChI is InChI=1S/C32H52O2/c1-8-9-24(21(2)3)11-10-22(4)28-14-15-29-27-13-12-25-20-26(34-23(5)33)16-18-31(25,6)30(27)17-19-32(28,29)7/h9,12,21-22,26-30H,8,10-11,13-20H2,1-7H3/t22-,26+,27+,28+,29+,30-,31+,32+/m1/s1. The van der Waals surface area contributed by atoms with E-state index in [-0.39, 0.29) is 12.1 Å². The molecule has 34 heavy (non-hydrogen) atoms. The van der Waals surface area contributed by atoms with Crippen LogP contribution in [0.5, 0.6) is 0 Å². The normalized spacial score (nSPS) is 40.8. The first-order chi connectivity index (χ1) is 16.1. The minimum atomic E-state index is -0.117. The summed E-state index contributed by atoms with van der Waals surface area (Å²) in [6.45, 7) is 16.4. The van der Waals surface area contributed by atoms with Crippen LogP contribution in [-0.2, 0) is 9.53 Å². The first-order valence-corrected chi connectivity index (χ1v) is 14.7. The molecule has 4 aliphatic rings. The van der Waals surface area contributed by atoms with E-state index in [0.29, 0.717) is 16.7 Å². The van der Waals surface area contributed by atoms with Crippen LogP contribution in [0.15, 0.2) is 23.3 Å². The van der Waals surface area contributed by atoms with Crippen molar-refractivity contribution in [3.05, 3.63) is 23.3 Å². The molecule has 0 aromatic heterocycles. The highest BCUT2D eigenvalue weighted by molar-refractivity contribution is 5.66. The Balaban J connectivity index is 1.46. The van der Waals surface area contributed by atoms with Crippen LogP contribution in [0.25, 0.3) is 0 Å². The molecule has 0 unspecified atom stereocenters. The highest BCUT2D eigenvalue weighted by atomic mass is 16.5. The fourth-order valence-corrected chi connectivity index (χ4v) is 9.42. The van der Waals surface area contributed by atoms with Gasteiger partial charge in [0.2, 0.25) is 0 Å². The van der Waals surface area contributed by atoms with Crippen molar-refractivity contribution in [1.29, 1.82) is 0 Å². The number of carbonyl (C=O) groups is 1. The molecule has 2 heteroatoms. The van der Waals surface area contributed by atoms with Crippen LogP contribution in [0, 0.1) is 46.3 Å². The Bertz CT molecular complexity index is 806. The lowest BCUT2D eigenvalue weighted by molar-refractivity contribution is -0.148. The van der Waals surface area contributed by atoms with Crippen LogP contribution < -0.4 is 0 Å². The highest BCUT2D eigenvalue weighted by Crippen LogP contribution is 2.67.